The third kappa shape index (κ3) is 2.80. The summed E-state index contributed by atoms with van der Waals surface area (Å²) in [7, 11) is -2.02. The SMILES string of the molecule is Cc1ccc(N)cc1S(=O)(=O)N(C)Cc1ccoc1. The molecule has 6 heteroatoms. The summed E-state index contributed by atoms with van der Waals surface area (Å²) in [5, 5.41) is 0. The zero-order valence-corrected chi connectivity index (χ0v) is 11.6. The highest BCUT2D eigenvalue weighted by atomic mass is 32.2. The van der Waals surface area contributed by atoms with Crippen molar-refractivity contribution >= 4 is 15.7 Å². The van der Waals surface area contributed by atoms with E-state index in [4.69, 9.17) is 10.2 Å². The molecule has 0 aliphatic rings. The van der Waals surface area contributed by atoms with Crippen molar-refractivity contribution in [2.24, 2.45) is 0 Å². The minimum absolute atomic E-state index is 0.235. The predicted molar refractivity (Wildman–Crippen MR) is 73.0 cm³/mol. The van der Waals surface area contributed by atoms with Gasteiger partial charge in [0.1, 0.15) is 0 Å². The molecule has 1 heterocycles. The highest BCUT2D eigenvalue weighted by Crippen LogP contribution is 2.22. The van der Waals surface area contributed by atoms with Crippen molar-refractivity contribution in [2.45, 2.75) is 18.4 Å². The van der Waals surface area contributed by atoms with Crippen LogP contribution in [0.1, 0.15) is 11.1 Å². The maximum atomic E-state index is 12.5. The molecule has 0 aliphatic heterocycles. The van der Waals surface area contributed by atoms with Gasteiger partial charge in [-0.05, 0) is 30.7 Å². The molecule has 0 radical (unpaired) electrons. The highest BCUT2D eigenvalue weighted by Gasteiger charge is 2.23. The van der Waals surface area contributed by atoms with Crippen molar-refractivity contribution in [3.63, 3.8) is 0 Å². The van der Waals surface area contributed by atoms with Crippen LogP contribution in [0.3, 0.4) is 0 Å². The molecule has 0 saturated carbocycles. The lowest BCUT2D eigenvalue weighted by molar-refractivity contribution is 0.463. The van der Waals surface area contributed by atoms with Crippen LogP contribution in [0.5, 0.6) is 0 Å². The largest absolute Gasteiger partial charge is 0.472 e. The smallest absolute Gasteiger partial charge is 0.243 e. The molecule has 19 heavy (non-hydrogen) atoms. The Morgan fingerprint density at radius 1 is 1.32 bits per heavy atom. The first-order valence-corrected chi connectivity index (χ1v) is 7.19. The van der Waals surface area contributed by atoms with Crippen molar-refractivity contribution in [1.29, 1.82) is 0 Å². The number of furan rings is 1. The second-order valence-electron chi connectivity index (χ2n) is 4.42. The summed E-state index contributed by atoms with van der Waals surface area (Å²) in [4.78, 5) is 0.235. The van der Waals surface area contributed by atoms with Crippen molar-refractivity contribution in [3.8, 4) is 0 Å². The number of nitrogens with zero attached hydrogens (tertiary/aromatic N) is 1. The van der Waals surface area contributed by atoms with E-state index in [0.29, 0.717) is 11.3 Å². The monoisotopic (exact) mass is 280 g/mol. The van der Waals surface area contributed by atoms with Crippen molar-refractivity contribution in [2.75, 3.05) is 12.8 Å². The van der Waals surface area contributed by atoms with Gasteiger partial charge in [0.25, 0.3) is 0 Å². The summed E-state index contributed by atoms with van der Waals surface area (Å²) in [6.45, 7) is 2.01. The van der Waals surface area contributed by atoms with Gasteiger partial charge in [-0.25, -0.2) is 8.42 Å². The van der Waals surface area contributed by atoms with Gasteiger partial charge in [0, 0.05) is 24.8 Å². The molecule has 2 rings (SSSR count). The van der Waals surface area contributed by atoms with E-state index in [9.17, 15) is 8.42 Å². The molecule has 102 valence electrons. The number of hydrogen-bond acceptors (Lipinski definition) is 4. The molecule has 0 saturated heterocycles. The average molecular weight is 280 g/mol. The Kier molecular flexibility index (Phi) is 3.64. The molecule has 0 amide bonds. The summed E-state index contributed by atoms with van der Waals surface area (Å²) in [6.07, 6.45) is 3.04. The maximum absolute atomic E-state index is 12.5. The zero-order valence-electron chi connectivity index (χ0n) is 10.8. The Balaban J connectivity index is 2.33. The molecule has 2 aromatic rings. The van der Waals surface area contributed by atoms with Gasteiger partial charge in [-0.3, -0.25) is 0 Å². The van der Waals surface area contributed by atoms with E-state index in [0.717, 1.165) is 5.56 Å². The number of benzene rings is 1. The number of nitrogen functional groups attached to an aromatic ring is 1. The second-order valence-corrected chi connectivity index (χ2v) is 6.43. The van der Waals surface area contributed by atoms with Gasteiger partial charge in [-0.15, -0.1) is 0 Å². The van der Waals surface area contributed by atoms with Gasteiger partial charge < -0.3 is 10.2 Å². The summed E-state index contributed by atoms with van der Waals surface area (Å²) in [6, 6.07) is 6.60. The number of anilines is 1. The molecule has 1 aromatic heterocycles. The quantitative estimate of drug-likeness (QED) is 0.869. The van der Waals surface area contributed by atoms with Gasteiger partial charge in [0.15, 0.2) is 0 Å². The third-order valence-electron chi connectivity index (χ3n) is 2.89. The van der Waals surface area contributed by atoms with E-state index in [2.05, 4.69) is 0 Å². The standard InChI is InChI=1S/C13H16N2O3S/c1-10-3-4-12(14)7-13(10)19(16,17)15(2)8-11-5-6-18-9-11/h3-7,9H,8,14H2,1-2H3. The fourth-order valence-corrected chi connectivity index (χ4v) is 3.20. The van der Waals surface area contributed by atoms with Crippen LogP contribution in [0.4, 0.5) is 5.69 Å². The average Bonchev–Trinajstić information content (AvgIpc) is 2.85. The molecule has 5 nitrogen and oxygen atoms in total. The lowest BCUT2D eigenvalue weighted by Crippen LogP contribution is -2.27. The van der Waals surface area contributed by atoms with Crippen LogP contribution in [0.25, 0.3) is 0 Å². The summed E-state index contributed by atoms with van der Waals surface area (Å²) in [5.74, 6) is 0. The number of rotatable bonds is 4. The Labute approximate surface area is 112 Å². The normalized spacial score (nSPS) is 11.9. The molecule has 2 N–H and O–H groups in total. The van der Waals surface area contributed by atoms with Gasteiger partial charge >= 0.3 is 0 Å². The van der Waals surface area contributed by atoms with E-state index >= 15 is 0 Å². The van der Waals surface area contributed by atoms with Gasteiger partial charge in [-0.1, -0.05) is 6.07 Å². The molecule has 0 unspecified atom stereocenters. The molecule has 0 atom stereocenters. The van der Waals surface area contributed by atoms with Crippen LogP contribution in [0.2, 0.25) is 0 Å². The summed E-state index contributed by atoms with van der Waals surface area (Å²) < 4.78 is 31.2. The van der Waals surface area contributed by atoms with E-state index in [1.807, 2.05) is 0 Å². The van der Waals surface area contributed by atoms with Crippen LogP contribution in [-0.4, -0.2) is 19.8 Å². The Morgan fingerprint density at radius 2 is 2.05 bits per heavy atom. The molecule has 1 aromatic carbocycles. The van der Waals surface area contributed by atoms with E-state index in [1.54, 1.807) is 25.1 Å². The lowest BCUT2D eigenvalue weighted by Gasteiger charge is -2.18. The Hall–Kier alpha value is -1.79. The van der Waals surface area contributed by atoms with Gasteiger partial charge in [-0.2, -0.15) is 4.31 Å². The van der Waals surface area contributed by atoms with Crippen molar-refractivity contribution in [3.05, 3.63) is 47.9 Å². The Morgan fingerprint density at radius 3 is 2.68 bits per heavy atom. The van der Waals surface area contributed by atoms with Crippen LogP contribution in [-0.2, 0) is 16.6 Å². The Bertz CT molecular complexity index is 663. The molecule has 0 fully saturated rings. The summed E-state index contributed by atoms with van der Waals surface area (Å²) >= 11 is 0. The molecule has 0 spiro atoms. The first-order valence-electron chi connectivity index (χ1n) is 5.75. The highest BCUT2D eigenvalue weighted by molar-refractivity contribution is 7.89. The second kappa shape index (κ2) is 5.07. The first-order chi connectivity index (χ1) is 8.91. The van der Waals surface area contributed by atoms with Crippen molar-refractivity contribution in [1.82, 2.24) is 4.31 Å². The number of sulfonamides is 1. The molecular formula is C13H16N2O3S. The van der Waals surface area contributed by atoms with Crippen LogP contribution < -0.4 is 5.73 Å². The lowest BCUT2D eigenvalue weighted by atomic mass is 10.2. The molecule has 0 aliphatic carbocycles. The van der Waals surface area contributed by atoms with Gasteiger partial charge in [0.2, 0.25) is 10.0 Å². The van der Waals surface area contributed by atoms with E-state index in [-0.39, 0.29) is 11.4 Å². The first kappa shape index (κ1) is 13.6. The van der Waals surface area contributed by atoms with Gasteiger partial charge in [0.05, 0.1) is 17.4 Å². The van der Waals surface area contributed by atoms with E-state index < -0.39 is 10.0 Å². The number of aryl methyl sites for hydroxylation is 1. The molecule has 0 bridgehead atoms. The predicted octanol–water partition coefficient (Wildman–Crippen LogP) is 1.99. The minimum Gasteiger partial charge on any atom is -0.472 e. The maximum Gasteiger partial charge on any atom is 0.243 e. The van der Waals surface area contributed by atoms with Crippen LogP contribution in [0, 0.1) is 6.92 Å². The topological polar surface area (TPSA) is 76.5 Å². The number of nitrogens with two attached hydrogens (primary N) is 1. The summed E-state index contributed by atoms with van der Waals surface area (Å²) in [5.41, 5.74) is 7.57. The zero-order chi connectivity index (χ0) is 14.0. The van der Waals surface area contributed by atoms with Crippen molar-refractivity contribution < 1.29 is 12.8 Å². The minimum atomic E-state index is -3.56. The van der Waals surface area contributed by atoms with Crippen LogP contribution in [0.15, 0.2) is 46.1 Å². The van der Waals surface area contributed by atoms with Crippen LogP contribution >= 0.6 is 0 Å². The van der Waals surface area contributed by atoms with E-state index in [1.165, 1.54) is 29.9 Å². The third-order valence-corrected chi connectivity index (χ3v) is 4.83. The fraction of sp³-hybridized carbons (Fsp3) is 0.231. The number of hydrogen-bond donors (Lipinski definition) is 1. The molecular weight excluding hydrogens is 264 g/mol. The fourth-order valence-electron chi connectivity index (χ4n) is 1.79.